The molecule has 5 fully saturated rings. The van der Waals surface area contributed by atoms with Gasteiger partial charge in [0, 0.05) is 68.2 Å². The molecule has 0 bridgehead atoms. The largest absolute Gasteiger partial charge is 0.447 e. The molecule has 53 heteroatoms. The number of nitrogens with one attached hydrogen (secondary N) is 10. The van der Waals surface area contributed by atoms with Gasteiger partial charge in [0.15, 0.2) is 30.4 Å². The first-order valence-corrected chi connectivity index (χ1v) is 46.5. The molecule has 5 aliphatic rings. The van der Waals surface area contributed by atoms with E-state index in [0.717, 1.165) is 0 Å². The first-order chi connectivity index (χ1) is 65.6. The molecule has 10 amide bonds. The number of amides is 10. The number of ether oxygens (including phenoxy) is 18. The van der Waals surface area contributed by atoms with Crippen molar-refractivity contribution in [2.24, 2.45) is 23.7 Å². The van der Waals surface area contributed by atoms with Gasteiger partial charge in [-0.05, 0) is 76.0 Å². The molecule has 0 spiro atoms. The molecule has 0 aromatic heterocycles. The maximum atomic E-state index is 13.5. The van der Waals surface area contributed by atoms with Crippen LogP contribution in [0.1, 0.15) is 134 Å². The molecule has 10 unspecified atom stereocenters. The maximum Gasteiger partial charge on any atom is 0.407 e. The van der Waals surface area contributed by atoms with Gasteiger partial charge in [0.25, 0.3) is 0 Å². The highest BCUT2D eigenvalue weighted by Crippen LogP contribution is 2.40. The van der Waals surface area contributed by atoms with Gasteiger partial charge in [-0.15, -0.1) is 0 Å². The Bertz CT molecular complexity index is 3600. The van der Waals surface area contributed by atoms with Crippen LogP contribution in [-0.2, 0) is 114 Å². The first kappa shape index (κ1) is 124. The third-order valence-corrected chi connectivity index (χ3v) is 23.0. The Morgan fingerprint density at radius 3 is 1.17 bits per heavy atom. The molecule has 139 heavy (non-hydrogen) atoms. The number of carbonyl (C=O) groups excluding carboxylic acids is 10. The highest BCUT2D eigenvalue weighted by atomic mass is 16.8. The fraction of sp³-hybridized carbons (Fsp3) is 0.884. The van der Waals surface area contributed by atoms with Crippen LogP contribution < -0.4 is 53.2 Å². The summed E-state index contributed by atoms with van der Waals surface area (Å²) in [6.45, 7) is 15.6. The summed E-state index contributed by atoms with van der Waals surface area (Å²) in [4.78, 5) is 127. The summed E-state index contributed by atoms with van der Waals surface area (Å²) in [6, 6.07) is -7.95. The van der Waals surface area contributed by atoms with Crippen LogP contribution in [0, 0.1) is 23.7 Å². The minimum absolute atomic E-state index is 0.00529. The lowest BCUT2D eigenvalue weighted by Crippen LogP contribution is -2.70. The van der Waals surface area contributed by atoms with Gasteiger partial charge in [-0.25, -0.2) is 19.2 Å². The van der Waals surface area contributed by atoms with Gasteiger partial charge in [0.1, 0.15) is 148 Å². The summed E-state index contributed by atoms with van der Waals surface area (Å²) in [5.74, 6) is -8.65. The minimum Gasteiger partial charge on any atom is -0.447 e. The predicted molar refractivity (Wildman–Crippen MR) is 477 cm³/mol. The summed E-state index contributed by atoms with van der Waals surface area (Å²) in [6.07, 6.45) is -38.9. The van der Waals surface area contributed by atoms with E-state index in [1.54, 1.807) is 0 Å². The van der Waals surface area contributed by atoms with Crippen molar-refractivity contribution < 1.29 is 210 Å². The van der Waals surface area contributed by atoms with Crippen molar-refractivity contribution in [1.29, 1.82) is 0 Å². The van der Waals surface area contributed by atoms with Gasteiger partial charge in [0.05, 0.1) is 109 Å². The molecule has 53 nitrogen and oxygen atoms in total. The average molecular weight is 2020 g/mol. The smallest absolute Gasteiger partial charge is 0.407 e. The predicted octanol–water partition coefficient (Wildman–Crippen LogP) is -7.94. The highest BCUT2D eigenvalue weighted by Gasteiger charge is 2.58. The lowest BCUT2D eigenvalue weighted by atomic mass is 9.88. The lowest BCUT2D eigenvalue weighted by Gasteiger charge is -2.51. The number of aliphatic hydroxyl groups is 15. The Morgan fingerprint density at radius 1 is 0.410 bits per heavy atom. The van der Waals surface area contributed by atoms with Gasteiger partial charge < -0.3 is 215 Å². The molecule has 0 saturated carbocycles. The van der Waals surface area contributed by atoms with E-state index in [1.165, 1.54) is 56.1 Å². The number of alkyl carbamates (subject to hydrolysis) is 4. The van der Waals surface area contributed by atoms with E-state index >= 15 is 0 Å². The van der Waals surface area contributed by atoms with E-state index in [2.05, 4.69) is 53.2 Å². The zero-order valence-corrected chi connectivity index (χ0v) is 81.9. The molecule has 5 rings (SSSR count). The monoisotopic (exact) mass is 2020 g/mol. The quantitative estimate of drug-likeness (QED) is 0.0199. The summed E-state index contributed by atoms with van der Waals surface area (Å²) >= 11 is 0. The third kappa shape index (κ3) is 41.1. The molecular weight excluding hydrogens is 1860 g/mol. The van der Waals surface area contributed by atoms with E-state index in [-0.39, 0.29) is 121 Å². The maximum absolute atomic E-state index is 13.5. The lowest BCUT2D eigenvalue weighted by molar-refractivity contribution is -0.385. The fourth-order valence-electron chi connectivity index (χ4n) is 16.1. The number of carbonyl (C=O) groups is 10. The number of hydrogen-bond acceptors (Lipinski definition) is 43. The zero-order valence-electron chi connectivity index (χ0n) is 81.9. The number of unbranched alkanes of at least 4 members (excludes halogenated alkanes) is 2. The van der Waals surface area contributed by atoms with E-state index in [9.17, 15) is 125 Å². The number of rotatable bonds is 57. The molecule has 808 valence electrons. The van der Waals surface area contributed by atoms with Crippen molar-refractivity contribution in [1.82, 2.24) is 53.2 Å². The van der Waals surface area contributed by atoms with Crippen LogP contribution in [0.25, 0.3) is 0 Å². The Labute approximate surface area is 807 Å². The molecule has 0 radical (unpaired) electrons. The molecule has 5 aliphatic heterocycles. The van der Waals surface area contributed by atoms with Crippen LogP contribution in [0.2, 0.25) is 0 Å². The van der Waals surface area contributed by atoms with E-state index in [4.69, 9.17) is 85.3 Å². The molecule has 0 aliphatic carbocycles. The van der Waals surface area contributed by atoms with Gasteiger partial charge in [-0.3, -0.25) is 28.8 Å². The van der Waals surface area contributed by atoms with Crippen LogP contribution in [0.5, 0.6) is 0 Å². The normalized spacial score (nSPS) is 29.5. The topological polar surface area (TPSA) is 761 Å². The molecule has 5 saturated heterocycles. The summed E-state index contributed by atoms with van der Waals surface area (Å²) in [7, 11) is 5.71. The van der Waals surface area contributed by atoms with Crippen molar-refractivity contribution >= 4 is 59.8 Å². The van der Waals surface area contributed by atoms with E-state index < -0.39 is 295 Å². The van der Waals surface area contributed by atoms with Crippen LogP contribution in [0.4, 0.5) is 19.2 Å². The van der Waals surface area contributed by atoms with Crippen molar-refractivity contribution in [3.63, 3.8) is 0 Å². The molecule has 29 atom stereocenters. The van der Waals surface area contributed by atoms with E-state index in [1.807, 2.05) is 55.4 Å². The number of hydrogen-bond donors (Lipinski definition) is 25. The molecule has 5 heterocycles. The third-order valence-electron chi connectivity index (χ3n) is 23.0. The minimum atomic E-state index is -2.15. The molecule has 0 aromatic carbocycles. The van der Waals surface area contributed by atoms with Gasteiger partial charge >= 0.3 is 24.4 Å². The molecule has 0 aromatic rings. The van der Waals surface area contributed by atoms with Crippen LogP contribution >= 0.6 is 0 Å². The van der Waals surface area contributed by atoms with Gasteiger partial charge in [0.2, 0.25) is 35.4 Å². The van der Waals surface area contributed by atoms with Crippen LogP contribution in [-0.4, -0.2) is 466 Å². The van der Waals surface area contributed by atoms with Crippen molar-refractivity contribution in [2.45, 2.75) is 323 Å². The second kappa shape index (κ2) is 63.1. The van der Waals surface area contributed by atoms with Crippen molar-refractivity contribution in [2.75, 3.05) is 141 Å². The Morgan fingerprint density at radius 2 is 0.777 bits per heavy atom. The molecule has 25 N–H and O–H groups in total. The summed E-state index contributed by atoms with van der Waals surface area (Å²) < 4.78 is 100. The zero-order chi connectivity index (χ0) is 104. The Balaban J connectivity index is 0.000000588. The Kier molecular flexibility index (Phi) is 56.3. The fourth-order valence-corrected chi connectivity index (χ4v) is 16.1. The first-order valence-electron chi connectivity index (χ1n) is 46.5. The molecular formula is C86H156N10O43. The Hall–Kier alpha value is -7.26. The highest BCUT2D eigenvalue weighted by molar-refractivity contribution is 5.90. The summed E-state index contributed by atoms with van der Waals surface area (Å²) in [5.41, 5.74) is 0. The average Bonchev–Trinajstić information content (AvgIpc) is 0.761. The van der Waals surface area contributed by atoms with Crippen LogP contribution in [0.15, 0.2) is 0 Å². The summed E-state index contributed by atoms with van der Waals surface area (Å²) in [5, 5.41) is 188. The van der Waals surface area contributed by atoms with Gasteiger partial charge in [-0.2, -0.15) is 0 Å². The number of aliphatic hydroxyl groups excluding tert-OH is 15. The number of methoxy groups -OCH3 is 4. The van der Waals surface area contributed by atoms with E-state index in [0.29, 0.717) is 19.3 Å². The van der Waals surface area contributed by atoms with Crippen LogP contribution in [0.3, 0.4) is 0 Å². The SMILES string of the molecule is COCCOC(=O)NCCCCC(NC(=O)OCCOC)C(=O)NCC(=O)N[C@H]1C([C@H](O)[C@H](O)CO)O[C@](C)(OCC2O[C@H](OC(C(C)C)C(C)C)C(NC(C)=O)[C@@H](O)[C@H]2O)C[C@H]1O.COCCOC(=O)NCCCCC(NC(=O)OCCOC)C(=O)NCC(=O)N[C@H]1C([C@H](O)[C@H](O)CO)O[C@](C)(O[C@@H]2C(O)[C@H](O[C@@H]3C(NC(C)=O)[C@@H](OC(C(C)C)C(C)C)OC(CO)[C@@H]3O)OC(CO)[C@@H]2O)C[C@H]1O. The second-order valence-corrected chi connectivity index (χ2v) is 35.9. The van der Waals surface area contributed by atoms with Gasteiger partial charge in [-0.1, -0.05) is 55.4 Å². The standard InChI is InChI=1S/C46H83N5O24.C40H73N5O19/c1-22(2)37(23(3)4)72-42-32(49-24(5)55)38(34(60)28(20-53)70-42)73-43-36(62)40(35(61)29(21-54)71-43)75-46(6)17-26(56)31(39(74-46)33(59)27(57)19-52)51-30(58)18-48-41(63)25(50-45(65)69-16-14-67-8)11-9-10-12-47-44(64)68-15-13-66-7;1-21(2)34(22(3)4)63-37-30(43-23(5)47)33(53)32(52)27(62-37)20-61-40(6)17-25(48)29(35(64-40)31(51)26(49)19-46)45-28(50)18-42-36(54)24(44-39(56)60-16-14-58-8)11-9-10-12-41-38(55)59-15-13-57-7/h22-23,25-29,31-40,42-43,52-54,56-57,59-62H,9-21H2,1-8H3,(H,47,64)(H,48,63)(H,49,55)(H,50,65)(H,51,58);21-22,24-27,29-35,37,46,48-49,51-53H,9-20H2,1-8H3,(H,41,55)(H,42,54)(H,43,47)(H,44,56)(H,45,50)/t25?,26-,27-,28?,29?,31-,32?,33-,34+,35+,36?,38-,39?,40+,42-,43+,46-;24?,25-,26-,27?,29-,30?,31-,32+,33-,35?,37-,40+/m11/s1. The second-order valence-electron chi connectivity index (χ2n) is 35.9. The van der Waals surface area contributed by atoms with Crippen molar-refractivity contribution in [3.8, 4) is 0 Å². The van der Waals surface area contributed by atoms with Crippen molar-refractivity contribution in [3.05, 3.63) is 0 Å².